The van der Waals surface area contributed by atoms with Crippen molar-refractivity contribution in [2.24, 2.45) is 0 Å². The standard InChI is InChI=1S/C24H10F12I2N2O2/c25-11-4-2-5-12(26)16(11)20(42)39-15-6-1-3-10(17(15)27)19(41)40-18-13(37)7-9(8-14(18)38)21(28,23(31,32)33)22(29,30)24(34,35)36/h1-8H,(H,39,42)(H,40,41). The molecule has 0 saturated carbocycles. The van der Waals surface area contributed by atoms with Crippen LogP contribution in [0.2, 0.25) is 0 Å². The number of hydrogen-bond acceptors (Lipinski definition) is 2. The molecule has 0 bridgehead atoms. The summed E-state index contributed by atoms with van der Waals surface area (Å²) >= 11 is 2.25. The first kappa shape index (κ1) is 33.7. The van der Waals surface area contributed by atoms with Crippen LogP contribution in [0, 0.1) is 24.6 Å². The number of anilines is 2. The molecule has 1 atom stereocenters. The first-order valence-corrected chi connectivity index (χ1v) is 12.9. The number of halogens is 14. The minimum atomic E-state index is -6.95. The van der Waals surface area contributed by atoms with E-state index in [-0.39, 0.29) is 12.1 Å². The number of carbonyl (C=O) groups excluding carboxylic acids is 2. The fraction of sp³-hybridized carbons (Fsp3) is 0.167. The Bertz CT molecular complexity index is 1520. The van der Waals surface area contributed by atoms with Gasteiger partial charge in [0.25, 0.3) is 11.8 Å². The van der Waals surface area contributed by atoms with Crippen molar-refractivity contribution < 1.29 is 62.3 Å². The molecule has 2 N–H and O–H groups in total. The Labute approximate surface area is 254 Å². The molecule has 0 radical (unpaired) electrons. The van der Waals surface area contributed by atoms with Crippen LogP contribution in [0.1, 0.15) is 26.3 Å². The molecular formula is C24H10F12I2N2O2. The second kappa shape index (κ2) is 11.7. The first-order chi connectivity index (χ1) is 19.1. The maximum absolute atomic E-state index is 15.1. The summed E-state index contributed by atoms with van der Waals surface area (Å²) in [5.74, 6) is -13.7. The van der Waals surface area contributed by atoms with Crippen molar-refractivity contribution in [2.75, 3.05) is 10.6 Å². The van der Waals surface area contributed by atoms with Gasteiger partial charge in [-0.05, 0) is 81.6 Å². The lowest BCUT2D eigenvalue weighted by Gasteiger charge is -2.36. The number of benzene rings is 3. The molecule has 0 aliphatic carbocycles. The van der Waals surface area contributed by atoms with Gasteiger partial charge in [0.15, 0.2) is 5.82 Å². The van der Waals surface area contributed by atoms with Gasteiger partial charge < -0.3 is 10.6 Å². The van der Waals surface area contributed by atoms with E-state index in [9.17, 15) is 57.9 Å². The Balaban J connectivity index is 1.98. The molecular weight excluding hydrogens is 830 g/mol. The SMILES string of the molecule is O=C(Nc1c(I)cc(C(F)(C(F)(F)F)C(F)(F)C(F)(F)F)cc1I)c1cccc(NC(=O)c2c(F)cccc2F)c1F. The van der Waals surface area contributed by atoms with Crippen LogP contribution in [0.3, 0.4) is 0 Å². The van der Waals surface area contributed by atoms with Gasteiger partial charge in [0, 0.05) is 12.7 Å². The zero-order valence-corrected chi connectivity index (χ0v) is 24.0. The minimum Gasteiger partial charge on any atom is -0.320 e. The fourth-order valence-electron chi connectivity index (χ4n) is 3.49. The Morgan fingerprint density at radius 3 is 1.64 bits per heavy atom. The summed E-state index contributed by atoms with van der Waals surface area (Å²) in [6.45, 7) is 0. The predicted octanol–water partition coefficient (Wildman–Crippen LogP) is 8.74. The van der Waals surface area contributed by atoms with Crippen LogP contribution in [0.5, 0.6) is 0 Å². The van der Waals surface area contributed by atoms with E-state index in [1.165, 1.54) is 0 Å². The van der Waals surface area contributed by atoms with Crippen LogP contribution in [0.15, 0.2) is 48.5 Å². The molecule has 42 heavy (non-hydrogen) atoms. The largest absolute Gasteiger partial charge is 0.457 e. The number of nitrogens with one attached hydrogen (secondary N) is 2. The molecule has 0 fully saturated rings. The highest BCUT2D eigenvalue weighted by Crippen LogP contribution is 2.58. The third-order valence-corrected chi connectivity index (χ3v) is 7.24. The van der Waals surface area contributed by atoms with Crippen molar-refractivity contribution in [3.8, 4) is 0 Å². The molecule has 0 aromatic heterocycles. The maximum atomic E-state index is 15.1. The topological polar surface area (TPSA) is 58.2 Å². The van der Waals surface area contributed by atoms with Crippen LogP contribution in [-0.2, 0) is 5.67 Å². The highest BCUT2D eigenvalue weighted by Gasteiger charge is 2.81. The molecule has 3 aromatic rings. The number of carbonyl (C=O) groups is 2. The minimum absolute atomic E-state index is 0.00142. The normalized spacial score (nSPS) is 13.9. The lowest BCUT2D eigenvalue weighted by Crippen LogP contribution is -2.59. The Hall–Kier alpha value is -2.78. The quantitative estimate of drug-likeness (QED) is 0.193. The lowest BCUT2D eigenvalue weighted by molar-refractivity contribution is -0.389. The Morgan fingerprint density at radius 2 is 1.17 bits per heavy atom. The Morgan fingerprint density at radius 1 is 0.667 bits per heavy atom. The van der Waals surface area contributed by atoms with Gasteiger partial charge in [0.1, 0.15) is 17.2 Å². The van der Waals surface area contributed by atoms with E-state index in [0.29, 0.717) is 0 Å². The maximum Gasteiger partial charge on any atom is 0.457 e. The van der Waals surface area contributed by atoms with Crippen LogP contribution in [-0.4, -0.2) is 30.1 Å². The van der Waals surface area contributed by atoms with Crippen LogP contribution < -0.4 is 10.6 Å². The number of rotatable bonds is 6. The molecule has 3 rings (SSSR count). The molecule has 18 heteroatoms. The molecule has 2 amide bonds. The van der Waals surface area contributed by atoms with Gasteiger partial charge in [-0.2, -0.15) is 35.1 Å². The zero-order chi connectivity index (χ0) is 32.0. The average molecular weight is 840 g/mol. The van der Waals surface area contributed by atoms with Gasteiger partial charge in [-0.15, -0.1) is 0 Å². The van der Waals surface area contributed by atoms with Crippen LogP contribution >= 0.6 is 45.2 Å². The van der Waals surface area contributed by atoms with Gasteiger partial charge in [0.05, 0.1) is 16.9 Å². The molecule has 1 unspecified atom stereocenters. The summed E-state index contributed by atoms with van der Waals surface area (Å²) in [6, 6.07) is 5.23. The monoisotopic (exact) mass is 840 g/mol. The Kier molecular flexibility index (Phi) is 9.41. The zero-order valence-electron chi connectivity index (χ0n) is 19.7. The first-order valence-electron chi connectivity index (χ1n) is 10.7. The molecule has 0 spiro atoms. The van der Waals surface area contributed by atoms with E-state index >= 15 is 4.39 Å². The number of hydrogen-bond donors (Lipinski definition) is 2. The van der Waals surface area contributed by atoms with E-state index in [0.717, 1.165) is 81.6 Å². The third-order valence-electron chi connectivity index (χ3n) is 5.54. The molecule has 0 aliphatic heterocycles. The second-order valence-electron chi connectivity index (χ2n) is 8.22. The molecule has 226 valence electrons. The van der Waals surface area contributed by atoms with E-state index in [2.05, 4.69) is 0 Å². The van der Waals surface area contributed by atoms with Crippen molar-refractivity contribution in [1.82, 2.24) is 0 Å². The average Bonchev–Trinajstić information content (AvgIpc) is 2.85. The predicted molar refractivity (Wildman–Crippen MR) is 140 cm³/mol. The van der Waals surface area contributed by atoms with Gasteiger partial charge in [0.2, 0.25) is 0 Å². The fourth-order valence-corrected chi connectivity index (χ4v) is 5.53. The number of alkyl halides is 9. The van der Waals surface area contributed by atoms with E-state index in [4.69, 9.17) is 0 Å². The summed E-state index contributed by atoms with van der Waals surface area (Å²) in [7, 11) is 0. The van der Waals surface area contributed by atoms with E-state index in [1.807, 2.05) is 10.6 Å². The van der Waals surface area contributed by atoms with Crippen molar-refractivity contribution >= 4 is 68.4 Å². The van der Waals surface area contributed by atoms with E-state index in [1.54, 1.807) is 0 Å². The molecule has 3 aromatic carbocycles. The summed E-state index contributed by atoms with van der Waals surface area (Å²) in [5, 5.41) is 3.88. The third kappa shape index (κ3) is 6.00. The second-order valence-corrected chi connectivity index (χ2v) is 10.5. The van der Waals surface area contributed by atoms with E-state index < -0.39 is 88.4 Å². The molecule has 0 aliphatic rings. The summed E-state index contributed by atoms with van der Waals surface area (Å²) in [5.41, 5.74) is -11.5. The smallest absolute Gasteiger partial charge is 0.320 e. The summed E-state index contributed by atoms with van der Waals surface area (Å²) < 4.78 is 163. The van der Waals surface area contributed by atoms with Gasteiger partial charge >= 0.3 is 23.9 Å². The van der Waals surface area contributed by atoms with Gasteiger partial charge in [-0.1, -0.05) is 12.1 Å². The summed E-state index contributed by atoms with van der Waals surface area (Å²) in [6.07, 6.45) is -13.7. The van der Waals surface area contributed by atoms with Gasteiger partial charge in [-0.3, -0.25) is 9.59 Å². The highest BCUT2D eigenvalue weighted by atomic mass is 127. The van der Waals surface area contributed by atoms with Crippen molar-refractivity contribution in [1.29, 1.82) is 0 Å². The van der Waals surface area contributed by atoms with Crippen molar-refractivity contribution in [3.05, 3.63) is 89.8 Å². The highest BCUT2D eigenvalue weighted by molar-refractivity contribution is 14.1. The molecule has 4 nitrogen and oxygen atoms in total. The number of amides is 2. The molecule has 0 saturated heterocycles. The van der Waals surface area contributed by atoms with Crippen molar-refractivity contribution in [2.45, 2.75) is 23.9 Å². The lowest BCUT2D eigenvalue weighted by atomic mass is 9.87. The van der Waals surface area contributed by atoms with Crippen molar-refractivity contribution in [3.63, 3.8) is 0 Å². The van der Waals surface area contributed by atoms with Gasteiger partial charge in [-0.25, -0.2) is 17.6 Å². The van der Waals surface area contributed by atoms with Crippen LogP contribution in [0.4, 0.5) is 64.1 Å². The summed E-state index contributed by atoms with van der Waals surface area (Å²) in [4.78, 5) is 25.1. The van der Waals surface area contributed by atoms with Crippen LogP contribution in [0.25, 0.3) is 0 Å². The molecule has 0 heterocycles.